The van der Waals surface area contributed by atoms with E-state index < -0.39 is 0 Å². The van der Waals surface area contributed by atoms with Crippen LogP contribution in [0, 0.1) is 17.3 Å². The van der Waals surface area contributed by atoms with Gasteiger partial charge in [-0.3, -0.25) is 9.79 Å². The number of hydrogen-bond acceptors (Lipinski definition) is 3. The molecule has 2 unspecified atom stereocenters. The summed E-state index contributed by atoms with van der Waals surface area (Å²) in [5, 5.41) is 0. The lowest BCUT2D eigenvalue weighted by Crippen LogP contribution is -2.39. The second-order valence-electron chi connectivity index (χ2n) is 8.81. The summed E-state index contributed by atoms with van der Waals surface area (Å²) in [5.41, 5.74) is 6.28. The van der Waals surface area contributed by atoms with E-state index in [9.17, 15) is 4.79 Å². The molecule has 4 aliphatic rings. The average Bonchev–Trinajstić information content (AvgIpc) is 3.04. The smallest absolute Gasteiger partial charge is 0.162 e. The highest BCUT2D eigenvalue weighted by atomic mass is 35.5. The molecule has 1 spiro atoms. The maximum absolute atomic E-state index is 12.3. The largest absolute Gasteiger partial charge is 0.314 e. The summed E-state index contributed by atoms with van der Waals surface area (Å²) in [4.78, 5) is 19.6. The zero-order valence-electron chi connectivity index (χ0n) is 17.1. The number of allylic oxidation sites excluding steroid dienone is 7. The maximum Gasteiger partial charge on any atom is 0.162 e. The van der Waals surface area contributed by atoms with E-state index in [4.69, 9.17) is 4.99 Å². The topological polar surface area (TPSA) is 37.6 Å². The molecule has 3 heterocycles. The van der Waals surface area contributed by atoms with E-state index >= 15 is 0 Å². The van der Waals surface area contributed by atoms with Crippen molar-refractivity contribution in [3.63, 3.8) is 0 Å². The van der Waals surface area contributed by atoms with Crippen LogP contribution in [0.3, 0.4) is 0 Å². The molecule has 0 N–H and O–H groups in total. The van der Waals surface area contributed by atoms with Gasteiger partial charge in [0.05, 0.1) is 17.1 Å². The molecular formula is C24H28ClN3O. The van der Waals surface area contributed by atoms with Crippen molar-refractivity contribution in [2.75, 3.05) is 20.1 Å². The van der Waals surface area contributed by atoms with Crippen LogP contribution in [0.25, 0.3) is 11.3 Å². The Kier molecular flexibility index (Phi) is 5.04. The Balaban J connectivity index is 0.00000205. The molecule has 5 heteroatoms. The number of aliphatic imine (C=N–C) groups is 1. The highest BCUT2D eigenvalue weighted by Crippen LogP contribution is 2.46. The van der Waals surface area contributed by atoms with E-state index in [-0.39, 0.29) is 35.4 Å². The number of carbonyl (C=O) groups excluding carboxylic acids is 1. The van der Waals surface area contributed by atoms with Crippen molar-refractivity contribution in [1.82, 2.24) is 9.47 Å². The minimum Gasteiger partial charge on any atom is -0.314 e. The Labute approximate surface area is 178 Å². The van der Waals surface area contributed by atoms with E-state index in [1.807, 2.05) is 12.3 Å². The van der Waals surface area contributed by atoms with Crippen molar-refractivity contribution < 1.29 is 4.79 Å². The van der Waals surface area contributed by atoms with E-state index in [0.29, 0.717) is 0 Å². The van der Waals surface area contributed by atoms with Crippen molar-refractivity contribution in [3.8, 4) is 0 Å². The molecule has 0 amide bonds. The Morgan fingerprint density at radius 2 is 2.10 bits per heavy atom. The monoisotopic (exact) mass is 409 g/mol. The molecule has 4 nitrogen and oxygen atoms in total. The number of piperidine rings is 1. The third-order valence-electron chi connectivity index (χ3n) is 7.06. The normalized spacial score (nSPS) is 26.9. The van der Waals surface area contributed by atoms with Crippen LogP contribution in [0.1, 0.15) is 31.0 Å². The number of rotatable bonds is 2. The Morgan fingerprint density at radius 1 is 1.34 bits per heavy atom. The first-order chi connectivity index (χ1) is 13.5. The third kappa shape index (κ3) is 3.10. The Bertz CT molecular complexity index is 986. The summed E-state index contributed by atoms with van der Waals surface area (Å²) in [6.07, 6.45) is 15.7. The van der Waals surface area contributed by atoms with Gasteiger partial charge in [0.25, 0.3) is 0 Å². The second-order valence-corrected chi connectivity index (χ2v) is 8.81. The maximum atomic E-state index is 12.3. The minimum absolute atomic E-state index is 0. The number of likely N-dealkylation sites (tertiary alicyclic amines) is 1. The van der Waals surface area contributed by atoms with E-state index in [2.05, 4.69) is 54.4 Å². The van der Waals surface area contributed by atoms with Crippen molar-refractivity contribution in [2.45, 2.75) is 26.2 Å². The summed E-state index contributed by atoms with van der Waals surface area (Å²) < 4.78 is 2.28. The van der Waals surface area contributed by atoms with Gasteiger partial charge in [0, 0.05) is 29.8 Å². The first-order valence-electron chi connectivity index (χ1n) is 10.3. The van der Waals surface area contributed by atoms with Crippen LogP contribution >= 0.6 is 12.4 Å². The molecule has 1 fully saturated rings. The van der Waals surface area contributed by atoms with Crippen LogP contribution in [0.15, 0.2) is 53.8 Å². The van der Waals surface area contributed by atoms with E-state index in [1.54, 1.807) is 0 Å². The molecule has 2 atom stereocenters. The zero-order valence-corrected chi connectivity index (χ0v) is 17.9. The lowest BCUT2D eigenvalue weighted by molar-refractivity contribution is -0.117. The molecule has 5 rings (SSSR count). The van der Waals surface area contributed by atoms with E-state index in [0.717, 1.165) is 30.9 Å². The van der Waals surface area contributed by atoms with Crippen LogP contribution in [-0.2, 0) is 11.2 Å². The number of nitrogens with zero attached hydrogens (tertiary/aromatic N) is 3. The molecular weight excluding hydrogens is 382 g/mol. The van der Waals surface area contributed by atoms with Gasteiger partial charge in [-0.1, -0.05) is 25.7 Å². The molecule has 2 aliphatic carbocycles. The van der Waals surface area contributed by atoms with Crippen LogP contribution in [-0.4, -0.2) is 41.6 Å². The fraction of sp³-hybridized carbons (Fsp3) is 0.417. The van der Waals surface area contributed by atoms with Gasteiger partial charge in [-0.15, -0.1) is 12.4 Å². The van der Waals surface area contributed by atoms with Crippen LogP contribution in [0.4, 0.5) is 0 Å². The quantitative estimate of drug-likeness (QED) is 0.679. The summed E-state index contributed by atoms with van der Waals surface area (Å²) in [7, 11) is 2.21. The molecule has 1 aromatic rings. The number of aromatic nitrogens is 1. The molecule has 1 saturated heterocycles. The average molecular weight is 410 g/mol. The fourth-order valence-corrected chi connectivity index (χ4v) is 5.31. The van der Waals surface area contributed by atoms with Crippen molar-refractivity contribution in [2.24, 2.45) is 22.2 Å². The predicted molar refractivity (Wildman–Crippen MR) is 121 cm³/mol. The lowest BCUT2D eigenvalue weighted by Gasteiger charge is -2.41. The SMILES string of the molecule is C=CC(=O)C1C=CC2=C(N=CC3=CC4(CCN(C)CC4)Cc4ccn2c43)C1C.Cl. The highest BCUT2D eigenvalue weighted by molar-refractivity contribution is 6.12. The van der Waals surface area contributed by atoms with Crippen LogP contribution in [0.5, 0.6) is 0 Å². The molecule has 29 heavy (non-hydrogen) atoms. The molecule has 2 aliphatic heterocycles. The second kappa shape index (κ2) is 7.26. The summed E-state index contributed by atoms with van der Waals surface area (Å²) in [5.74, 6) is -0.0749. The Hall–Kier alpha value is -2.17. The van der Waals surface area contributed by atoms with Gasteiger partial charge < -0.3 is 9.47 Å². The number of fused-ring (bicyclic) bond motifs is 1. The highest BCUT2D eigenvalue weighted by Gasteiger charge is 2.39. The van der Waals surface area contributed by atoms with E-state index in [1.165, 1.54) is 35.7 Å². The zero-order chi connectivity index (χ0) is 19.5. The fourth-order valence-electron chi connectivity index (χ4n) is 5.31. The van der Waals surface area contributed by atoms with Gasteiger partial charge >= 0.3 is 0 Å². The number of hydrogen-bond donors (Lipinski definition) is 0. The summed E-state index contributed by atoms with van der Waals surface area (Å²) in [6.45, 7) is 8.06. The molecule has 0 bridgehead atoms. The molecule has 0 radical (unpaired) electrons. The summed E-state index contributed by atoms with van der Waals surface area (Å²) >= 11 is 0. The van der Waals surface area contributed by atoms with Gasteiger partial charge in [0.1, 0.15) is 0 Å². The molecule has 152 valence electrons. The van der Waals surface area contributed by atoms with Gasteiger partial charge in [-0.2, -0.15) is 0 Å². The van der Waals surface area contributed by atoms with Gasteiger partial charge in [0.2, 0.25) is 0 Å². The molecule has 1 aromatic heterocycles. The van der Waals surface area contributed by atoms with Gasteiger partial charge in [0.15, 0.2) is 5.78 Å². The van der Waals surface area contributed by atoms with Crippen LogP contribution < -0.4 is 0 Å². The number of carbonyl (C=O) groups is 1. The van der Waals surface area contributed by atoms with Crippen LogP contribution in [0.2, 0.25) is 0 Å². The number of ketones is 1. The van der Waals surface area contributed by atoms with Crippen molar-refractivity contribution in [1.29, 1.82) is 0 Å². The first-order valence-corrected chi connectivity index (χ1v) is 10.3. The molecule has 0 aromatic carbocycles. The Morgan fingerprint density at radius 3 is 2.83 bits per heavy atom. The van der Waals surface area contributed by atoms with Crippen molar-refractivity contribution in [3.05, 3.63) is 60.1 Å². The predicted octanol–water partition coefficient (Wildman–Crippen LogP) is 4.39. The van der Waals surface area contributed by atoms with Crippen molar-refractivity contribution >= 4 is 35.7 Å². The standard InChI is InChI=1S/C24H27N3O.ClH/c1-4-21(28)19-5-6-20-22(16(19)2)25-15-18-14-24(8-11-26(3)12-9-24)13-17-7-10-27(20)23(17)18;/h4-7,10,14-16,19H,1,8-9,11-13H2,2-3H3;1H. The number of halogens is 1. The van der Waals surface area contributed by atoms with Gasteiger partial charge in [-0.25, -0.2) is 0 Å². The summed E-state index contributed by atoms with van der Waals surface area (Å²) in [6, 6.07) is 2.28. The van der Waals surface area contributed by atoms with Gasteiger partial charge in [-0.05, 0) is 68.6 Å². The lowest BCUT2D eigenvalue weighted by atomic mass is 9.69. The third-order valence-corrected chi connectivity index (χ3v) is 7.06. The molecule has 0 saturated carbocycles. The first kappa shape index (κ1) is 20.1. The minimum atomic E-state index is -0.178.